The summed E-state index contributed by atoms with van der Waals surface area (Å²) in [6.45, 7) is 6.14. The molecule has 2 heteroatoms. The van der Waals surface area contributed by atoms with E-state index in [9.17, 15) is 0 Å². The molecule has 0 bridgehead atoms. The standard InChI is InChI=1S/C15H20Se2/c1-3-5-12-17-15(16)14(9-4-2)13-10-7-6-8-11-13/h4,6-8,10-11,14H,2-3,5,9,12H2,1H3. The zero-order valence-electron chi connectivity index (χ0n) is 10.4. The van der Waals surface area contributed by atoms with Crippen molar-refractivity contribution in [1.29, 1.82) is 0 Å². The first-order valence-corrected chi connectivity index (χ1v) is 9.04. The van der Waals surface area contributed by atoms with Crippen LogP contribution in [0.3, 0.4) is 0 Å². The van der Waals surface area contributed by atoms with Crippen molar-refractivity contribution in [2.75, 3.05) is 0 Å². The second-order valence-corrected chi connectivity index (χ2v) is 8.63. The third-order valence-corrected chi connectivity index (χ3v) is 6.74. The average molecular weight is 358 g/mol. The van der Waals surface area contributed by atoms with Crippen LogP contribution in [0.15, 0.2) is 43.0 Å². The Labute approximate surface area is 119 Å². The molecule has 17 heavy (non-hydrogen) atoms. The number of hydrogen-bond acceptors (Lipinski definition) is 0. The molecule has 1 aromatic carbocycles. The van der Waals surface area contributed by atoms with Gasteiger partial charge in [-0.3, -0.25) is 0 Å². The van der Waals surface area contributed by atoms with Crippen LogP contribution in [0.2, 0.25) is 5.32 Å². The molecule has 1 unspecified atom stereocenters. The van der Waals surface area contributed by atoms with E-state index in [2.05, 4.69) is 59.4 Å². The summed E-state index contributed by atoms with van der Waals surface area (Å²) >= 11 is 3.94. The van der Waals surface area contributed by atoms with Gasteiger partial charge in [-0.1, -0.05) is 0 Å². The van der Waals surface area contributed by atoms with Crippen molar-refractivity contribution in [3.05, 3.63) is 48.6 Å². The van der Waals surface area contributed by atoms with E-state index in [1.54, 1.807) is 0 Å². The molecule has 0 spiro atoms. The summed E-state index contributed by atoms with van der Waals surface area (Å²) in [4.78, 5) is 0. The van der Waals surface area contributed by atoms with Gasteiger partial charge in [-0.2, -0.15) is 0 Å². The summed E-state index contributed by atoms with van der Waals surface area (Å²) in [5, 5.41) is 1.35. The second kappa shape index (κ2) is 8.89. The molecule has 0 N–H and O–H groups in total. The van der Waals surface area contributed by atoms with E-state index in [0.29, 0.717) is 20.9 Å². The van der Waals surface area contributed by atoms with Gasteiger partial charge in [-0.15, -0.1) is 0 Å². The molecule has 0 saturated heterocycles. The van der Waals surface area contributed by atoms with Crippen molar-refractivity contribution in [2.45, 2.75) is 37.4 Å². The van der Waals surface area contributed by atoms with Crippen LogP contribution < -0.4 is 0 Å². The second-order valence-electron chi connectivity index (χ2n) is 4.01. The van der Waals surface area contributed by atoms with Gasteiger partial charge in [-0.05, 0) is 0 Å². The molecule has 92 valence electrons. The molecule has 0 amide bonds. The van der Waals surface area contributed by atoms with Gasteiger partial charge in [0.05, 0.1) is 0 Å². The summed E-state index contributed by atoms with van der Waals surface area (Å²) in [6.07, 6.45) is 5.72. The first kappa shape index (κ1) is 14.9. The van der Waals surface area contributed by atoms with Gasteiger partial charge in [0, 0.05) is 0 Å². The van der Waals surface area contributed by atoms with Gasteiger partial charge < -0.3 is 0 Å². The molecule has 0 radical (unpaired) electrons. The van der Waals surface area contributed by atoms with Gasteiger partial charge in [-0.25, -0.2) is 0 Å². The Morgan fingerprint density at radius 2 is 2.12 bits per heavy atom. The summed E-state index contributed by atoms with van der Waals surface area (Å²) in [5.41, 5.74) is 1.42. The number of rotatable bonds is 8. The Morgan fingerprint density at radius 3 is 2.71 bits per heavy atom. The maximum absolute atomic E-state index is 3.88. The van der Waals surface area contributed by atoms with Crippen molar-refractivity contribution in [3.8, 4) is 0 Å². The van der Waals surface area contributed by atoms with Crippen LogP contribution in [0.1, 0.15) is 37.7 Å². The molecule has 0 aliphatic carbocycles. The van der Waals surface area contributed by atoms with Gasteiger partial charge in [0.25, 0.3) is 0 Å². The van der Waals surface area contributed by atoms with Crippen molar-refractivity contribution in [3.63, 3.8) is 0 Å². The predicted octanol–water partition coefficient (Wildman–Crippen LogP) is 3.57. The van der Waals surface area contributed by atoms with E-state index in [-0.39, 0.29) is 0 Å². The van der Waals surface area contributed by atoms with E-state index in [1.165, 1.54) is 27.0 Å². The van der Waals surface area contributed by atoms with Crippen LogP contribution in [0.25, 0.3) is 0 Å². The quantitative estimate of drug-likeness (QED) is 0.379. The Morgan fingerprint density at radius 1 is 1.41 bits per heavy atom. The molecule has 1 aromatic rings. The van der Waals surface area contributed by atoms with Crippen LogP contribution >= 0.6 is 0 Å². The molecular weight excluding hydrogens is 338 g/mol. The Balaban J connectivity index is 2.65. The van der Waals surface area contributed by atoms with Gasteiger partial charge in [0.15, 0.2) is 0 Å². The van der Waals surface area contributed by atoms with Gasteiger partial charge in [0.1, 0.15) is 0 Å². The number of benzene rings is 1. The molecule has 1 rings (SSSR count). The summed E-state index contributed by atoms with van der Waals surface area (Å²) in [7, 11) is 0. The third kappa shape index (κ3) is 5.36. The van der Waals surface area contributed by atoms with Gasteiger partial charge >= 0.3 is 120 Å². The van der Waals surface area contributed by atoms with Crippen molar-refractivity contribution >= 4 is 33.8 Å². The Hall–Kier alpha value is -0.131. The third-order valence-electron chi connectivity index (χ3n) is 2.63. The minimum atomic E-state index is 0.533. The SMILES string of the molecule is C=CCC(C(=[Se])[Se]CCCC)c1ccccc1. The summed E-state index contributed by atoms with van der Waals surface area (Å²) < 4.78 is 1.54. The first-order chi connectivity index (χ1) is 8.29. The molecule has 0 aromatic heterocycles. The van der Waals surface area contributed by atoms with Crippen LogP contribution in [0.4, 0.5) is 0 Å². The summed E-state index contributed by atoms with van der Waals surface area (Å²) in [5.74, 6) is 0.533. The van der Waals surface area contributed by atoms with Gasteiger partial charge in [0.2, 0.25) is 0 Å². The zero-order valence-corrected chi connectivity index (χ0v) is 13.8. The van der Waals surface area contributed by atoms with Crippen molar-refractivity contribution in [1.82, 2.24) is 0 Å². The van der Waals surface area contributed by atoms with Crippen LogP contribution in [0, 0.1) is 0 Å². The van der Waals surface area contributed by atoms with E-state index in [4.69, 9.17) is 0 Å². The number of allylic oxidation sites excluding steroid dienone is 1. The molecule has 1 atom stereocenters. The van der Waals surface area contributed by atoms with Crippen LogP contribution in [-0.4, -0.2) is 33.8 Å². The molecule has 0 fully saturated rings. The Kier molecular flexibility index (Phi) is 7.80. The molecular formula is C15H20Se2. The van der Waals surface area contributed by atoms with Crippen LogP contribution in [-0.2, 0) is 0 Å². The van der Waals surface area contributed by atoms with Crippen LogP contribution in [0.5, 0.6) is 0 Å². The van der Waals surface area contributed by atoms with Crippen molar-refractivity contribution in [2.24, 2.45) is 0 Å². The molecule has 0 saturated carbocycles. The topological polar surface area (TPSA) is 0 Å². The minimum absolute atomic E-state index is 0.533. The first-order valence-electron chi connectivity index (χ1n) is 6.12. The number of hydrogen-bond donors (Lipinski definition) is 0. The number of unbranched alkanes of at least 4 members (excludes halogenated alkanes) is 1. The fourth-order valence-corrected chi connectivity index (χ4v) is 5.27. The molecule has 0 aliphatic heterocycles. The normalized spacial score (nSPS) is 12.1. The molecule has 0 heterocycles. The molecule has 0 aliphatic rings. The predicted molar refractivity (Wildman–Crippen MR) is 80.2 cm³/mol. The van der Waals surface area contributed by atoms with E-state index in [0.717, 1.165) is 6.42 Å². The average Bonchev–Trinajstić information content (AvgIpc) is 2.37. The molecule has 0 nitrogen and oxygen atoms in total. The summed E-state index contributed by atoms with van der Waals surface area (Å²) in [6, 6.07) is 10.8. The monoisotopic (exact) mass is 360 g/mol. The maximum atomic E-state index is 3.88. The van der Waals surface area contributed by atoms with E-state index in [1.807, 2.05) is 6.08 Å². The fourth-order valence-electron chi connectivity index (χ4n) is 1.64. The zero-order chi connectivity index (χ0) is 12.5. The fraction of sp³-hybridized carbons (Fsp3) is 0.400. The van der Waals surface area contributed by atoms with Crippen molar-refractivity contribution < 1.29 is 0 Å². The Bertz CT molecular complexity index is 343. The van der Waals surface area contributed by atoms with E-state index >= 15 is 0 Å². The van der Waals surface area contributed by atoms with E-state index < -0.39 is 0 Å².